The summed E-state index contributed by atoms with van der Waals surface area (Å²) in [6, 6.07) is 3.71. The van der Waals surface area contributed by atoms with Crippen molar-refractivity contribution < 1.29 is 4.42 Å². The van der Waals surface area contributed by atoms with Crippen LogP contribution < -0.4 is 5.73 Å². The first-order chi connectivity index (χ1) is 8.95. The summed E-state index contributed by atoms with van der Waals surface area (Å²) in [5.74, 6) is 1.70. The third-order valence-electron chi connectivity index (χ3n) is 3.43. The second kappa shape index (κ2) is 5.39. The summed E-state index contributed by atoms with van der Waals surface area (Å²) < 4.78 is 7.62. The highest BCUT2D eigenvalue weighted by Crippen LogP contribution is 2.29. The zero-order valence-electron chi connectivity index (χ0n) is 11.8. The van der Waals surface area contributed by atoms with Gasteiger partial charge in [0.15, 0.2) is 0 Å². The summed E-state index contributed by atoms with van der Waals surface area (Å²) >= 11 is 6.23. The number of nitrogens with two attached hydrogens (primary N) is 1. The molecule has 2 atom stereocenters. The van der Waals surface area contributed by atoms with Crippen LogP contribution in [0.3, 0.4) is 0 Å². The zero-order valence-corrected chi connectivity index (χ0v) is 12.5. The molecule has 2 aromatic rings. The zero-order chi connectivity index (χ0) is 14.2. The molecule has 0 spiro atoms. The average Bonchev–Trinajstić information content (AvgIpc) is 2.90. The molecular formula is C14H20ClN3O. The number of halogens is 1. The molecule has 4 nitrogen and oxygen atoms in total. The predicted octanol–water partition coefficient (Wildman–Crippen LogP) is 3.38. The van der Waals surface area contributed by atoms with Gasteiger partial charge in [0.25, 0.3) is 0 Å². The average molecular weight is 282 g/mol. The van der Waals surface area contributed by atoms with Crippen LogP contribution in [0.2, 0.25) is 5.02 Å². The highest BCUT2D eigenvalue weighted by Gasteiger charge is 2.27. The Kier molecular flexibility index (Phi) is 4.02. The fourth-order valence-corrected chi connectivity index (χ4v) is 2.39. The van der Waals surface area contributed by atoms with Crippen molar-refractivity contribution >= 4 is 11.6 Å². The molecule has 2 N–H and O–H groups in total. The fourth-order valence-electron chi connectivity index (χ4n) is 2.26. The maximum absolute atomic E-state index is 6.25. The third-order valence-corrected chi connectivity index (χ3v) is 3.98. The topological polar surface area (TPSA) is 57.0 Å². The lowest BCUT2D eigenvalue weighted by Gasteiger charge is -2.23. The van der Waals surface area contributed by atoms with E-state index < -0.39 is 0 Å². The molecule has 19 heavy (non-hydrogen) atoms. The first-order valence-electron chi connectivity index (χ1n) is 6.48. The maximum Gasteiger partial charge on any atom is 0.130 e. The van der Waals surface area contributed by atoms with Crippen molar-refractivity contribution in [2.45, 2.75) is 46.2 Å². The van der Waals surface area contributed by atoms with Crippen LogP contribution in [0.1, 0.15) is 42.3 Å². The van der Waals surface area contributed by atoms with E-state index in [1.165, 1.54) is 0 Å². The van der Waals surface area contributed by atoms with Gasteiger partial charge in [0.2, 0.25) is 0 Å². The smallest absolute Gasteiger partial charge is 0.130 e. The van der Waals surface area contributed by atoms with Gasteiger partial charge in [-0.15, -0.1) is 0 Å². The van der Waals surface area contributed by atoms with Crippen LogP contribution in [0.15, 0.2) is 16.5 Å². The van der Waals surface area contributed by atoms with Crippen LogP contribution in [-0.2, 0) is 0 Å². The van der Waals surface area contributed by atoms with Gasteiger partial charge in [-0.05, 0) is 39.3 Å². The van der Waals surface area contributed by atoms with E-state index in [9.17, 15) is 0 Å². The number of aryl methyl sites for hydroxylation is 2. The Hall–Kier alpha value is -1.26. The highest BCUT2D eigenvalue weighted by atomic mass is 35.5. The van der Waals surface area contributed by atoms with Crippen molar-refractivity contribution in [2.24, 2.45) is 5.73 Å². The minimum atomic E-state index is -0.120. The summed E-state index contributed by atoms with van der Waals surface area (Å²) in [5.41, 5.74) is 7.99. The lowest BCUT2D eigenvalue weighted by Crippen LogP contribution is -2.33. The first-order valence-corrected chi connectivity index (χ1v) is 6.86. The van der Waals surface area contributed by atoms with E-state index >= 15 is 0 Å². The SMILES string of the molecule is CCC(N)C(c1ccc(C)o1)n1nc(C)c(Cl)c1C. The van der Waals surface area contributed by atoms with Crippen molar-refractivity contribution in [2.75, 3.05) is 0 Å². The lowest BCUT2D eigenvalue weighted by molar-refractivity contribution is 0.340. The van der Waals surface area contributed by atoms with Gasteiger partial charge in [-0.1, -0.05) is 18.5 Å². The Balaban J connectivity index is 2.52. The van der Waals surface area contributed by atoms with E-state index in [0.29, 0.717) is 5.02 Å². The van der Waals surface area contributed by atoms with E-state index in [-0.39, 0.29) is 12.1 Å². The standard InChI is InChI=1S/C14H20ClN3O/c1-5-11(16)14(12-7-6-8(2)19-12)18-10(4)13(15)9(3)17-18/h6-7,11,14H,5,16H2,1-4H3. The van der Waals surface area contributed by atoms with Gasteiger partial charge in [0.05, 0.1) is 16.4 Å². The van der Waals surface area contributed by atoms with E-state index in [1.54, 1.807) is 0 Å². The summed E-state index contributed by atoms with van der Waals surface area (Å²) in [4.78, 5) is 0. The van der Waals surface area contributed by atoms with Gasteiger partial charge in [0, 0.05) is 6.04 Å². The van der Waals surface area contributed by atoms with Gasteiger partial charge in [-0.2, -0.15) is 5.10 Å². The Labute approximate surface area is 118 Å². The largest absolute Gasteiger partial charge is 0.464 e. The van der Waals surface area contributed by atoms with E-state index in [1.807, 2.05) is 37.6 Å². The normalized spacial score (nSPS) is 14.6. The quantitative estimate of drug-likeness (QED) is 0.935. The monoisotopic (exact) mass is 281 g/mol. The van der Waals surface area contributed by atoms with E-state index in [4.69, 9.17) is 21.8 Å². The summed E-state index contributed by atoms with van der Waals surface area (Å²) in [6.45, 7) is 7.83. The molecule has 0 aliphatic rings. The molecule has 0 fully saturated rings. The van der Waals surface area contributed by atoms with Gasteiger partial charge in [0.1, 0.15) is 17.6 Å². The molecule has 2 heterocycles. The Bertz CT molecular complexity index is 573. The van der Waals surface area contributed by atoms with Crippen LogP contribution in [0.5, 0.6) is 0 Å². The predicted molar refractivity (Wildman–Crippen MR) is 76.6 cm³/mol. The van der Waals surface area contributed by atoms with Crippen LogP contribution in [0, 0.1) is 20.8 Å². The van der Waals surface area contributed by atoms with Crippen molar-refractivity contribution in [1.82, 2.24) is 9.78 Å². The van der Waals surface area contributed by atoms with Crippen molar-refractivity contribution in [3.63, 3.8) is 0 Å². The van der Waals surface area contributed by atoms with E-state index in [0.717, 1.165) is 29.3 Å². The minimum absolute atomic E-state index is 0.0698. The van der Waals surface area contributed by atoms with Gasteiger partial charge in [-0.25, -0.2) is 0 Å². The summed E-state index contributed by atoms with van der Waals surface area (Å²) in [6.07, 6.45) is 0.834. The molecule has 2 aromatic heterocycles. The molecule has 0 amide bonds. The second-order valence-corrected chi connectivity index (χ2v) is 5.27. The molecule has 2 rings (SSSR count). The summed E-state index contributed by atoms with van der Waals surface area (Å²) in [5, 5.41) is 5.20. The minimum Gasteiger partial charge on any atom is -0.464 e. The van der Waals surface area contributed by atoms with Crippen molar-refractivity contribution in [3.8, 4) is 0 Å². The van der Waals surface area contributed by atoms with Crippen LogP contribution >= 0.6 is 11.6 Å². The molecule has 104 valence electrons. The molecule has 0 aromatic carbocycles. The molecular weight excluding hydrogens is 262 g/mol. The number of hydrogen-bond donors (Lipinski definition) is 1. The second-order valence-electron chi connectivity index (χ2n) is 4.89. The molecule has 0 radical (unpaired) electrons. The van der Waals surface area contributed by atoms with E-state index in [2.05, 4.69) is 12.0 Å². The Morgan fingerprint density at radius 3 is 2.47 bits per heavy atom. The number of nitrogens with zero attached hydrogens (tertiary/aromatic N) is 2. The molecule has 2 unspecified atom stereocenters. The fraction of sp³-hybridized carbons (Fsp3) is 0.500. The number of aromatic nitrogens is 2. The molecule has 0 aliphatic carbocycles. The number of rotatable bonds is 4. The Morgan fingerprint density at radius 1 is 1.37 bits per heavy atom. The molecule has 0 bridgehead atoms. The van der Waals surface area contributed by atoms with Crippen LogP contribution in [0.4, 0.5) is 0 Å². The number of furan rings is 1. The van der Waals surface area contributed by atoms with Crippen molar-refractivity contribution in [1.29, 1.82) is 0 Å². The summed E-state index contributed by atoms with van der Waals surface area (Å²) in [7, 11) is 0. The first kappa shape index (κ1) is 14.2. The molecule has 0 saturated heterocycles. The van der Waals surface area contributed by atoms with Gasteiger partial charge < -0.3 is 10.2 Å². The van der Waals surface area contributed by atoms with Crippen LogP contribution in [0.25, 0.3) is 0 Å². The van der Waals surface area contributed by atoms with Gasteiger partial charge >= 0.3 is 0 Å². The van der Waals surface area contributed by atoms with Crippen LogP contribution in [-0.4, -0.2) is 15.8 Å². The molecule has 0 saturated carbocycles. The Morgan fingerprint density at radius 2 is 2.05 bits per heavy atom. The molecule has 5 heteroatoms. The molecule has 0 aliphatic heterocycles. The maximum atomic E-state index is 6.25. The lowest BCUT2D eigenvalue weighted by atomic mass is 10.0. The van der Waals surface area contributed by atoms with Crippen molar-refractivity contribution in [3.05, 3.63) is 40.1 Å². The highest BCUT2D eigenvalue weighted by molar-refractivity contribution is 6.31. The third kappa shape index (κ3) is 2.55. The van der Waals surface area contributed by atoms with Gasteiger partial charge in [-0.3, -0.25) is 4.68 Å². The number of hydrogen-bond acceptors (Lipinski definition) is 3.